The van der Waals surface area contributed by atoms with Crippen molar-refractivity contribution in [3.8, 4) is 5.75 Å². The molecule has 1 aromatic heterocycles. The van der Waals surface area contributed by atoms with Crippen molar-refractivity contribution in [1.29, 1.82) is 0 Å². The van der Waals surface area contributed by atoms with E-state index in [-0.39, 0.29) is 18.1 Å². The van der Waals surface area contributed by atoms with Gasteiger partial charge < -0.3 is 32.4 Å². The molecule has 2 unspecified atom stereocenters. The SMILES string of the molecule is Cc1cc(OC(C)C)ccc1C1(N)C(=O)C(N)c2c(C(=O)N[C@@H]3CCC[C@H]3O)sc3c(N)ccc1c23. The fourth-order valence-corrected chi connectivity index (χ4v) is 6.80. The third kappa shape index (κ3) is 3.69. The highest BCUT2D eigenvalue weighted by Gasteiger charge is 2.49. The highest BCUT2D eigenvalue weighted by molar-refractivity contribution is 7.21. The van der Waals surface area contributed by atoms with Gasteiger partial charge in [-0.15, -0.1) is 11.3 Å². The molecule has 1 heterocycles. The number of carbonyl (C=O) groups is 2. The molecule has 8 nitrogen and oxygen atoms in total. The van der Waals surface area contributed by atoms with E-state index < -0.39 is 23.5 Å². The second kappa shape index (κ2) is 8.85. The molecule has 36 heavy (non-hydrogen) atoms. The van der Waals surface area contributed by atoms with Crippen molar-refractivity contribution >= 4 is 38.8 Å². The van der Waals surface area contributed by atoms with Crippen LogP contribution in [-0.4, -0.2) is 35.0 Å². The lowest BCUT2D eigenvalue weighted by Gasteiger charge is -2.37. The topological polar surface area (TPSA) is 154 Å². The first-order valence-electron chi connectivity index (χ1n) is 12.2. The number of nitrogen functional groups attached to an aromatic ring is 1. The molecule has 2 aliphatic carbocycles. The summed E-state index contributed by atoms with van der Waals surface area (Å²) in [7, 11) is 0. The first-order chi connectivity index (χ1) is 17.0. The van der Waals surface area contributed by atoms with Crippen LogP contribution in [0.25, 0.3) is 10.1 Å². The monoisotopic (exact) mass is 508 g/mol. The zero-order valence-electron chi connectivity index (χ0n) is 20.6. The van der Waals surface area contributed by atoms with Gasteiger partial charge in [0.1, 0.15) is 11.3 Å². The van der Waals surface area contributed by atoms with Gasteiger partial charge in [-0.1, -0.05) is 12.1 Å². The summed E-state index contributed by atoms with van der Waals surface area (Å²) in [5.74, 6) is -0.0640. The Balaban J connectivity index is 1.67. The summed E-state index contributed by atoms with van der Waals surface area (Å²) in [6, 6.07) is 7.52. The number of benzene rings is 2. The number of amides is 1. The first-order valence-corrected chi connectivity index (χ1v) is 13.1. The Morgan fingerprint density at radius 3 is 2.58 bits per heavy atom. The zero-order chi connectivity index (χ0) is 25.9. The molecule has 1 amide bonds. The first kappa shape index (κ1) is 24.7. The third-order valence-corrected chi connectivity index (χ3v) is 8.56. The number of ketones is 1. The molecule has 0 radical (unpaired) electrons. The Bertz CT molecular complexity index is 1380. The Morgan fingerprint density at radius 2 is 1.94 bits per heavy atom. The lowest BCUT2D eigenvalue weighted by molar-refractivity contribution is -0.124. The number of rotatable bonds is 5. The smallest absolute Gasteiger partial charge is 0.262 e. The minimum Gasteiger partial charge on any atom is -0.491 e. The van der Waals surface area contributed by atoms with Crippen LogP contribution in [0.3, 0.4) is 0 Å². The maximum Gasteiger partial charge on any atom is 0.262 e. The maximum atomic E-state index is 13.9. The number of anilines is 1. The van der Waals surface area contributed by atoms with Gasteiger partial charge in [0.2, 0.25) is 0 Å². The van der Waals surface area contributed by atoms with Gasteiger partial charge in [-0.05, 0) is 74.9 Å². The van der Waals surface area contributed by atoms with Crippen LogP contribution in [0.5, 0.6) is 5.75 Å². The summed E-state index contributed by atoms with van der Waals surface area (Å²) >= 11 is 1.21. The molecule has 0 saturated heterocycles. The van der Waals surface area contributed by atoms with Crippen LogP contribution < -0.4 is 27.3 Å². The average Bonchev–Trinajstić information content (AvgIpc) is 3.41. The van der Waals surface area contributed by atoms with Gasteiger partial charge in [0, 0.05) is 16.6 Å². The Hall–Kier alpha value is -2.98. The molecular weight excluding hydrogens is 476 g/mol. The minimum absolute atomic E-state index is 0.00632. The molecule has 0 bridgehead atoms. The molecule has 190 valence electrons. The predicted octanol–water partition coefficient (Wildman–Crippen LogP) is 3.01. The number of aryl methyl sites for hydroxylation is 1. The lowest BCUT2D eigenvalue weighted by atomic mass is 9.69. The molecule has 4 atom stereocenters. The van der Waals surface area contributed by atoms with E-state index in [4.69, 9.17) is 21.9 Å². The van der Waals surface area contributed by atoms with Gasteiger partial charge in [0.25, 0.3) is 5.91 Å². The quantitative estimate of drug-likeness (QED) is 0.332. The van der Waals surface area contributed by atoms with E-state index in [0.29, 0.717) is 55.9 Å². The molecule has 2 aliphatic rings. The molecule has 2 aromatic carbocycles. The van der Waals surface area contributed by atoms with Crippen LogP contribution in [-0.2, 0) is 10.3 Å². The molecule has 8 N–H and O–H groups in total. The van der Waals surface area contributed by atoms with Gasteiger partial charge in [-0.3, -0.25) is 9.59 Å². The number of aliphatic hydroxyl groups excluding tert-OH is 1. The normalized spacial score (nSPS) is 25.5. The lowest BCUT2D eigenvalue weighted by Crippen LogP contribution is -2.53. The van der Waals surface area contributed by atoms with Crippen molar-refractivity contribution in [2.75, 3.05) is 5.73 Å². The summed E-state index contributed by atoms with van der Waals surface area (Å²) in [5.41, 5.74) is 21.3. The number of nitrogens with one attached hydrogen (secondary N) is 1. The summed E-state index contributed by atoms with van der Waals surface area (Å²) in [4.78, 5) is 27.6. The number of Topliss-reactive ketones (excluding diaryl/α,β-unsaturated/α-hetero) is 1. The van der Waals surface area contributed by atoms with Crippen molar-refractivity contribution < 1.29 is 19.4 Å². The minimum atomic E-state index is -1.52. The summed E-state index contributed by atoms with van der Waals surface area (Å²) in [6.07, 6.45) is 1.61. The molecule has 0 spiro atoms. The van der Waals surface area contributed by atoms with Gasteiger partial charge in [-0.25, -0.2) is 0 Å². The van der Waals surface area contributed by atoms with Crippen LogP contribution in [0.1, 0.15) is 71.1 Å². The number of ether oxygens (including phenoxy) is 1. The molecule has 1 fully saturated rings. The van der Waals surface area contributed by atoms with Crippen LogP contribution >= 0.6 is 11.3 Å². The highest BCUT2D eigenvalue weighted by atomic mass is 32.1. The number of hydrogen-bond donors (Lipinski definition) is 5. The van der Waals surface area contributed by atoms with Gasteiger partial charge in [0.05, 0.1) is 33.9 Å². The van der Waals surface area contributed by atoms with E-state index in [2.05, 4.69) is 5.32 Å². The molecule has 1 saturated carbocycles. The van der Waals surface area contributed by atoms with E-state index in [1.165, 1.54) is 11.3 Å². The van der Waals surface area contributed by atoms with Gasteiger partial charge in [-0.2, -0.15) is 0 Å². The van der Waals surface area contributed by atoms with Crippen molar-refractivity contribution in [2.45, 2.75) is 69.9 Å². The van der Waals surface area contributed by atoms with E-state index in [1.807, 2.05) is 32.9 Å². The average molecular weight is 509 g/mol. The molecular formula is C27H32N4O4S. The Morgan fingerprint density at radius 1 is 1.22 bits per heavy atom. The second-order valence-electron chi connectivity index (χ2n) is 10.1. The van der Waals surface area contributed by atoms with Crippen molar-refractivity contribution in [3.05, 3.63) is 57.5 Å². The Labute approximate surface area is 213 Å². The maximum absolute atomic E-state index is 13.9. The fourth-order valence-electron chi connectivity index (χ4n) is 5.59. The second-order valence-corrected chi connectivity index (χ2v) is 11.1. The number of carbonyl (C=O) groups excluding carboxylic acids is 2. The van der Waals surface area contributed by atoms with Gasteiger partial charge >= 0.3 is 0 Å². The van der Waals surface area contributed by atoms with E-state index in [9.17, 15) is 14.7 Å². The number of hydrogen-bond acceptors (Lipinski definition) is 8. The molecule has 0 aliphatic heterocycles. The zero-order valence-corrected chi connectivity index (χ0v) is 21.4. The number of nitrogens with two attached hydrogens (primary N) is 3. The predicted molar refractivity (Wildman–Crippen MR) is 141 cm³/mol. The van der Waals surface area contributed by atoms with Crippen LogP contribution in [0, 0.1) is 6.92 Å². The molecule has 9 heteroatoms. The van der Waals surface area contributed by atoms with E-state index in [1.54, 1.807) is 18.2 Å². The van der Waals surface area contributed by atoms with Crippen molar-refractivity contribution in [3.63, 3.8) is 0 Å². The molecule has 3 aromatic rings. The van der Waals surface area contributed by atoms with Gasteiger partial charge in [0.15, 0.2) is 5.78 Å². The highest BCUT2D eigenvalue weighted by Crippen LogP contribution is 2.50. The summed E-state index contributed by atoms with van der Waals surface area (Å²) in [5, 5.41) is 13.8. The third-order valence-electron chi connectivity index (χ3n) is 7.31. The van der Waals surface area contributed by atoms with Crippen LogP contribution in [0.2, 0.25) is 0 Å². The largest absolute Gasteiger partial charge is 0.491 e. The van der Waals surface area contributed by atoms with Crippen LogP contribution in [0.4, 0.5) is 5.69 Å². The van der Waals surface area contributed by atoms with Crippen LogP contribution in [0.15, 0.2) is 30.3 Å². The van der Waals surface area contributed by atoms with Crippen molar-refractivity contribution in [2.24, 2.45) is 11.5 Å². The number of aliphatic hydroxyl groups is 1. The number of thiophene rings is 1. The standard InChI is InChI=1S/C27H32N4O4S/c1-12(2)35-14-7-8-15(13(3)11-14)27(30)16-9-10-17(28)23-20(16)21(22(29)25(27)33)24(36-23)26(34)31-18-5-4-6-19(18)32/h7-12,18-19,22,32H,4-6,28-30H2,1-3H3,(H,31,34)/t18-,19-,22?,27?/m1/s1. The summed E-state index contributed by atoms with van der Waals surface area (Å²) < 4.78 is 6.49. The van der Waals surface area contributed by atoms with E-state index in [0.717, 1.165) is 12.0 Å². The van der Waals surface area contributed by atoms with E-state index >= 15 is 0 Å². The van der Waals surface area contributed by atoms with Crippen molar-refractivity contribution in [1.82, 2.24) is 5.32 Å². The molecule has 5 rings (SSSR count). The Kier molecular flexibility index (Phi) is 6.07. The summed E-state index contributed by atoms with van der Waals surface area (Å²) in [6.45, 7) is 5.78. The fraction of sp³-hybridized carbons (Fsp3) is 0.407.